The number of benzene rings is 3. The molecule has 0 saturated heterocycles. The normalized spacial score (nSPS) is 17.2. The van der Waals surface area contributed by atoms with Crippen molar-refractivity contribution in [3.8, 4) is 17.2 Å². The first kappa shape index (κ1) is 62.2. The van der Waals surface area contributed by atoms with Gasteiger partial charge in [-0.3, -0.25) is 0 Å². The third kappa shape index (κ3) is 26.7. The number of alkyl carbamates (subject to hydrolysis) is 2. The SMILES string of the molecule is CC.CC(C)(C)Cc1ccc2c(c1)[C@@H](N)CCO2.CC(C)(C)Cc1ccc2c(c1)[C@@H](NC(=O)OC(C)(C)C)CCO2.CC(C)(C)OC(=O)N[C@H]1CCOc2ccc(I)cc21.[CH2-]C(C)(C)C.[Cl][Zn+]. The van der Waals surface area contributed by atoms with Crippen molar-refractivity contribution in [1.82, 2.24) is 10.6 Å². The van der Waals surface area contributed by atoms with Gasteiger partial charge in [-0.25, -0.2) is 9.59 Å². The molecular formula is C54H85ClIN3O7Zn. The van der Waals surface area contributed by atoms with Gasteiger partial charge in [0.1, 0.15) is 28.5 Å². The molecule has 4 N–H and O–H groups in total. The summed E-state index contributed by atoms with van der Waals surface area (Å²) in [5.74, 6) is 2.67. The quantitative estimate of drug-likeness (QED) is 0.134. The van der Waals surface area contributed by atoms with Crippen molar-refractivity contribution in [2.45, 2.75) is 179 Å². The van der Waals surface area contributed by atoms with E-state index in [1.807, 2.05) is 79.7 Å². The average Bonchev–Trinajstić information content (AvgIpc) is 3.17. The molecule has 10 nitrogen and oxygen atoms in total. The van der Waals surface area contributed by atoms with E-state index in [1.54, 1.807) is 0 Å². The van der Waals surface area contributed by atoms with E-state index in [4.69, 9.17) is 39.1 Å². The zero-order valence-electron chi connectivity index (χ0n) is 44.2. The fourth-order valence-corrected chi connectivity index (χ4v) is 7.44. The summed E-state index contributed by atoms with van der Waals surface area (Å²) in [6, 6.07) is 18.7. The van der Waals surface area contributed by atoms with Crippen LogP contribution in [0.5, 0.6) is 17.2 Å². The fourth-order valence-electron chi connectivity index (χ4n) is 6.92. The molecule has 3 aliphatic heterocycles. The predicted molar refractivity (Wildman–Crippen MR) is 282 cm³/mol. The van der Waals surface area contributed by atoms with Gasteiger partial charge in [-0.05, 0) is 129 Å². The zero-order valence-corrected chi connectivity index (χ0v) is 50.1. The summed E-state index contributed by atoms with van der Waals surface area (Å²) in [7, 11) is 4.76. The summed E-state index contributed by atoms with van der Waals surface area (Å²) >= 11 is 3.10. The van der Waals surface area contributed by atoms with Crippen LogP contribution in [0.15, 0.2) is 54.6 Å². The molecule has 3 aliphatic rings. The predicted octanol–water partition coefficient (Wildman–Crippen LogP) is 14.9. The van der Waals surface area contributed by atoms with Crippen LogP contribution in [0.3, 0.4) is 0 Å². The van der Waals surface area contributed by atoms with Crippen molar-refractivity contribution in [3.63, 3.8) is 0 Å². The first-order valence-electron chi connectivity index (χ1n) is 23.6. The minimum atomic E-state index is -0.494. The molecule has 67 heavy (non-hydrogen) atoms. The summed E-state index contributed by atoms with van der Waals surface area (Å²) in [5.41, 5.74) is 11.8. The molecular weight excluding hydrogens is 1030 g/mol. The van der Waals surface area contributed by atoms with Crippen molar-refractivity contribution in [2.24, 2.45) is 22.0 Å². The number of carbonyl (C=O) groups excluding carboxylic acids is 2. The molecule has 13 heteroatoms. The van der Waals surface area contributed by atoms with E-state index in [2.05, 4.69) is 133 Å². The number of ether oxygens (including phenoxy) is 5. The van der Waals surface area contributed by atoms with Crippen LogP contribution in [-0.4, -0.2) is 43.2 Å². The molecule has 0 spiro atoms. The first-order chi connectivity index (χ1) is 30.8. The van der Waals surface area contributed by atoms with E-state index < -0.39 is 11.2 Å². The molecule has 0 radical (unpaired) electrons. The van der Waals surface area contributed by atoms with Crippen LogP contribution in [0.4, 0.5) is 9.59 Å². The molecule has 6 rings (SSSR count). The molecule has 374 valence electrons. The summed E-state index contributed by atoms with van der Waals surface area (Å²) in [6.45, 7) is 40.5. The number of halogens is 2. The first-order valence-corrected chi connectivity index (χ1v) is 28.6. The van der Waals surface area contributed by atoms with E-state index in [0.717, 1.165) is 88.0 Å². The van der Waals surface area contributed by atoms with Gasteiger partial charge in [0.25, 0.3) is 0 Å². The van der Waals surface area contributed by atoms with Crippen LogP contribution in [0.2, 0.25) is 0 Å². The molecule has 2 amide bonds. The second kappa shape index (κ2) is 28.2. The van der Waals surface area contributed by atoms with Crippen LogP contribution in [0.25, 0.3) is 0 Å². The number of carbonyl (C=O) groups is 2. The Hall–Kier alpha value is -2.80. The molecule has 0 aromatic heterocycles. The second-order valence-corrected chi connectivity index (χ2v) is 23.6. The van der Waals surface area contributed by atoms with Gasteiger partial charge in [-0.1, -0.05) is 100 Å². The summed E-state index contributed by atoms with van der Waals surface area (Å²) in [6.07, 6.45) is 3.73. The molecule has 0 bridgehead atoms. The second-order valence-electron chi connectivity index (χ2n) is 22.4. The Balaban J connectivity index is 0.000000466. The number of rotatable bonds is 4. The molecule has 3 aromatic carbocycles. The molecule has 0 unspecified atom stereocenters. The minimum absolute atomic E-state index is 0.0479. The standard InChI is InChI=1S/C19H29NO3.C14H18INO3.C14H21NO.C5H11.C2H6.ClH.Zn/c1-18(2,3)12-13-7-8-16-14(11-13)15(9-10-22-16)20-17(21)23-19(4,5)6;1-14(2,3)19-13(17)16-11-6-7-18-12-5-4-9(15)8-10(11)12;1-14(2,3)9-10-4-5-13-11(8-10)12(15)6-7-16-13;1-5(2,3)4;1-2;;/h7-8,11,15H,9-10,12H2,1-6H3,(H,20,21);4-5,8,11H,6-7H2,1-3H3,(H,16,17);4-5,8,12H,6-7,9,15H2,1-3H3;1H2,2-4H3;1-2H3;1H;/q;;;-1;;;+2/p-1/t15-;11-;12-;;;;/m000..../s1. The summed E-state index contributed by atoms with van der Waals surface area (Å²) < 4.78 is 28.7. The van der Waals surface area contributed by atoms with Gasteiger partial charge in [0.15, 0.2) is 0 Å². The maximum atomic E-state index is 12.1. The van der Waals surface area contributed by atoms with Gasteiger partial charge in [0.2, 0.25) is 0 Å². The number of nitrogens with two attached hydrogens (primary N) is 1. The van der Waals surface area contributed by atoms with Crippen LogP contribution >= 0.6 is 32.3 Å². The third-order valence-electron chi connectivity index (χ3n) is 9.14. The Morgan fingerprint density at radius 1 is 0.627 bits per heavy atom. The average molecular weight is 1120 g/mol. The van der Waals surface area contributed by atoms with Crippen molar-refractivity contribution >= 4 is 44.5 Å². The Kier molecular flexibility index (Phi) is 26.1. The van der Waals surface area contributed by atoms with E-state index in [1.165, 1.54) is 16.7 Å². The van der Waals surface area contributed by atoms with Gasteiger partial charge in [0.05, 0.1) is 31.9 Å². The van der Waals surface area contributed by atoms with E-state index in [-0.39, 0.29) is 41.1 Å². The molecule has 3 aromatic rings. The van der Waals surface area contributed by atoms with E-state index >= 15 is 0 Å². The zero-order chi connectivity index (χ0) is 51.6. The van der Waals surface area contributed by atoms with Crippen LogP contribution < -0.4 is 30.6 Å². The Morgan fingerprint density at radius 2 is 0.955 bits per heavy atom. The molecule has 3 heterocycles. The molecule has 0 saturated carbocycles. The summed E-state index contributed by atoms with van der Waals surface area (Å²) in [4.78, 5) is 23.9. The maximum absolute atomic E-state index is 12.1. The van der Waals surface area contributed by atoms with Crippen molar-refractivity contribution < 1.29 is 50.6 Å². The van der Waals surface area contributed by atoms with Crippen LogP contribution in [-0.2, 0) is 39.6 Å². The number of amides is 2. The molecule has 0 fully saturated rings. The Labute approximate surface area is 433 Å². The number of nitrogens with one attached hydrogen (secondary N) is 2. The third-order valence-corrected chi connectivity index (χ3v) is 9.81. The van der Waals surface area contributed by atoms with Gasteiger partial charge in [0, 0.05) is 45.6 Å². The number of hydrogen-bond donors (Lipinski definition) is 3. The van der Waals surface area contributed by atoms with E-state index in [0.29, 0.717) is 18.6 Å². The Bertz CT molecular complexity index is 1960. The van der Waals surface area contributed by atoms with Crippen molar-refractivity contribution in [3.05, 3.63) is 92.9 Å². The van der Waals surface area contributed by atoms with E-state index in [9.17, 15) is 9.59 Å². The number of fused-ring (bicyclic) bond motifs is 3. The fraction of sp³-hybridized carbons (Fsp3) is 0.611. The van der Waals surface area contributed by atoms with Gasteiger partial charge in [-0.2, -0.15) is 5.41 Å². The van der Waals surface area contributed by atoms with Gasteiger partial charge < -0.3 is 47.0 Å². The van der Waals surface area contributed by atoms with Crippen LogP contribution in [0, 0.1) is 26.7 Å². The van der Waals surface area contributed by atoms with Crippen molar-refractivity contribution in [2.75, 3.05) is 19.8 Å². The summed E-state index contributed by atoms with van der Waals surface area (Å²) in [5, 5.41) is 5.89. The monoisotopic (exact) mass is 1110 g/mol. The Morgan fingerprint density at radius 3 is 1.33 bits per heavy atom. The van der Waals surface area contributed by atoms with Gasteiger partial charge in [-0.15, -0.1) is 0 Å². The van der Waals surface area contributed by atoms with Crippen molar-refractivity contribution in [1.29, 1.82) is 0 Å². The van der Waals surface area contributed by atoms with Crippen LogP contribution in [0.1, 0.15) is 183 Å². The van der Waals surface area contributed by atoms with Gasteiger partial charge >= 0.3 is 39.2 Å². The molecule has 3 atom stereocenters. The topological polar surface area (TPSA) is 130 Å². The number of hydrogen-bond acceptors (Lipinski definition) is 8. The molecule has 0 aliphatic carbocycles.